The first-order valence-corrected chi connectivity index (χ1v) is 13.4. The fraction of sp³-hybridized carbons (Fsp3) is 0.455. The third kappa shape index (κ3) is 5.03. The van der Waals surface area contributed by atoms with Crippen LogP contribution in [-0.4, -0.2) is 11.6 Å². The number of ether oxygens (including phenoxy) is 2. The van der Waals surface area contributed by atoms with E-state index in [0.29, 0.717) is 49.4 Å². The van der Waals surface area contributed by atoms with Crippen molar-refractivity contribution >= 4 is 11.6 Å². The van der Waals surface area contributed by atoms with Gasteiger partial charge in [0.05, 0.1) is 0 Å². The zero-order chi connectivity index (χ0) is 26.5. The Hall–Kier alpha value is -3.14. The van der Waals surface area contributed by atoms with Gasteiger partial charge in [0.1, 0.15) is 23.9 Å². The highest BCUT2D eigenvalue weighted by molar-refractivity contribution is 6.06. The number of hydrogen-bond acceptors (Lipinski definition) is 4. The number of allylic oxidation sites excluding steroid dienone is 4. The van der Waals surface area contributed by atoms with E-state index >= 15 is 0 Å². The van der Waals surface area contributed by atoms with Gasteiger partial charge < -0.3 is 9.47 Å². The van der Waals surface area contributed by atoms with Crippen LogP contribution >= 0.6 is 0 Å². The van der Waals surface area contributed by atoms with E-state index in [-0.39, 0.29) is 28.3 Å². The summed E-state index contributed by atoms with van der Waals surface area (Å²) in [5, 5.41) is 0. The van der Waals surface area contributed by atoms with Crippen molar-refractivity contribution in [3.8, 4) is 5.75 Å². The normalized spacial score (nSPS) is 21.1. The predicted octanol–water partition coefficient (Wildman–Crippen LogP) is 7.79. The topological polar surface area (TPSA) is 52.6 Å². The number of carbonyl (C=O) groups excluding carboxylic acids is 2. The zero-order valence-corrected chi connectivity index (χ0v) is 22.9. The first-order valence-electron chi connectivity index (χ1n) is 13.4. The van der Waals surface area contributed by atoms with E-state index in [1.54, 1.807) is 0 Å². The van der Waals surface area contributed by atoms with Crippen LogP contribution in [0, 0.1) is 10.8 Å². The summed E-state index contributed by atoms with van der Waals surface area (Å²) in [6, 6.07) is 16.3. The molecule has 0 saturated carbocycles. The van der Waals surface area contributed by atoms with E-state index in [1.165, 1.54) is 11.1 Å². The first-order chi connectivity index (χ1) is 17.4. The maximum absolute atomic E-state index is 13.5. The highest BCUT2D eigenvalue weighted by Gasteiger charge is 2.47. The summed E-state index contributed by atoms with van der Waals surface area (Å²) in [6.07, 6.45) is 2.33. The second-order valence-electron chi connectivity index (χ2n) is 12.8. The minimum absolute atomic E-state index is 0.0889. The summed E-state index contributed by atoms with van der Waals surface area (Å²) in [7, 11) is 0. The molecule has 4 nitrogen and oxygen atoms in total. The molecular formula is C33H38O4. The average Bonchev–Trinajstić information content (AvgIpc) is 2.80. The molecule has 0 bridgehead atoms. The van der Waals surface area contributed by atoms with Crippen LogP contribution in [0.2, 0.25) is 0 Å². The molecule has 0 N–H and O–H groups in total. The molecule has 0 saturated heterocycles. The summed E-state index contributed by atoms with van der Waals surface area (Å²) in [4.78, 5) is 26.9. The summed E-state index contributed by atoms with van der Waals surface area (Å²) < 4.78 is 12.5. The predicted molar refractivity (Wildman–Crippen MR) is 145 cm³/mol. The van der Waals surface area contributed by atoms with E-state index in [4.69, 9.17) is 9.47 Å². The lowest BCUT2D eigenvalue weighted by Gasteiger charge is -2.42. The van der Waals surface area contributed by atoms with Gasteiger partial charge in [-0.15, -0.1) is 0 Å². The van der Waals surface area contributed by atoms with Crippen LogP contribution in [0.15, 0.2) is 71.2 Å². The maximum Gasteiger partial charge on any atom is 0.163 e. The molecule has 37 heavy (non-hydrogen) atoms. The van der Waals surface area contributed by atoms with Gasteiger partial charge in [-0.05, 0) is 45.6 Å². The number of hydrogen-bond donors (Lipinski definition) is 0. The molecule has 2 aromatic rings. The molecule has 0 fully saturated rings. The lowest BCUT2D eigenvalue weighted by molar-refractivity contribution is -0.120. The summed E-state index contributed by atoms with van der Waals surface area (Å²) >= 11 is 0. The SMILES string of the molecule is CC(C)c1ccccc1COc1ccc(C2C3=C(CC(C)(C)CC3=O)OC3=C2C(=O)CC(C)(C)C3)cc1. The molecular weight excluding hydrogens is 460 g/mol. The van der Waals surface area contributed by atoms with Crippen molar-refractivity contribution in [2.75, 3.05) is 0 Å². The van der Waals surface area contributed by atoms with E-state index in [1.807, 2.05) is 30.3 Å². The van der Waals surface area contributed by atoms with Crippen LogP contribution in [0.1, 0.15) is 95.8 Å². The molecule has 0 amide bonds. The Balaban J connectivity index is 1.48. The van der Waals surface area contributed by atoms with Crippen molar-refractivity contribution in [2.45, 2.75) is 85.7 Å². The number of Topliss-reactive ketones (excluding diaryl/α,β-unsaturated/α-hetero) is 2. The highest BCUT2D eigenvalue weighted by Crippen LogP contribution is 2.53. The van der Waals surface area contributed by atoms with Crippen LogP contribution in [-0.2, 0) is 20.9 Å². The van der Waals surface area contributed by atoms with Gasteiger partial charge in [0.2, 0.25) is 0 Å². The molecule has 0 aromatic heterocycles. The molecule has 5 rings (SSSR count). The van der Waals surface area contributed by atoms with Gasteiger partial charge in [-0.3, -0.25) is 9.59 Å². The number of rotatable bonds is 5. The third-order valence-electron chi connectivity index (χ3n) is 7.87. The second-order valence-corrected chi connectivity index (χ2v) is 12.8. The molecule has 3 aliphatic rings. The van der Waals surface area contributed by atoms with Gasteiger partial charge >= 0.3 is 0 Å². The highest BCUT2D eigenvalue weighted by atomic mass is 16.5. The van der Waals surface area contributed by atoms with Crippen molar-refractivity contribution in [3.05, 3.63) is 87.9 Å². The van der Waals surface area contributed by atoms with Crippen LogP contribution in [0.3, 0.4) is 0 Å². The number of carbonyl (C=O) groups is 2. The molecule has 1 aliphatic heterocycles. The molecule has 0 spiro atoms. The monoisotopic (exact) mass is 498 g/mol. The Morgan fingerprint density at radius 2 is 1.35 bits per heavy atom. The third-order valence-corrected chi connectivity index (χ3v) is 7.87. The van der Waals surface area contributed by atoms with Crippen LogP contribution in [0.5, 0.6) is 5.75 Å². The Bertz CT molecular complexity index is 1250. The summed E-state index contributed by atoms with van der Waals surface area (Å²) in [6.45, 7) is 13.3. The van der Waals surface area contributed by atoms with E-state index in [2.05, 4.69) is 59.7 Å². The number of ketones is 2. The van der Waals surface area contributed by atoms with Gasteiger partial charge in [0.15, 0.2) is 11.6 Å². The van der Waals surface area contributed by atoms with Crippen molar-refractivity contribution in [2.24, 2.45) is 10.8 Å². The standard InChI is InChI=1S/C33H38O4/c1-20(2)24-10-8-7-9-22(24)19-36-23-13-11-21(12-14-23)29-30-25(34)15-32(3,4)17-27(30)37-28-18-33(5,6)16-26(35)31(28)29/h7-14,20,29H,15-19H2,1-6H3. The molecule has 0 radical (unpaired) electrons. The van der Waals surface area contributed by atoms with Gasteiger partial charge in [-0.2, -0.15) is 0 Å². The summed E-state index contributed by atoms with van der Waals surface area (Å²) in [5.41, 5.74) is 4.45. The van der Waals surface area contributed by atoms with Crippen molar-refractivity contribution in [3.63, 3.8) is 0 Å². The van der Waals surface area contributed by atoms with E-state index in [0.717, 1.165) is 22.8 Å². The van der Waals surface area contributed by atoms with Crippen molar-refractivity contribution in [1.82, 2.24) is 0 Å². The Kier molecular flexibility index (Phi) is 6.42. The minimum atomic E-state index is -0.373. The Morgan fingerprint density at radius 1 is 0.811 bits per heavy atom. The molecule has 1 heterocycles. The van der Waals surface area contributed by atoms with Gasteiger partial charge in [0.25, 0.3) is 0 Å². The van der Waals surface area contributed by atoms with Gasteiger partial charge in [-0.1, -0.05) is 77.9 Å². The Labute approximate surface area is 220 Å². The quantitative estimate of drug-likeness (QED) is 0.422. The fourth-order valence-corrected chi connectivity index (χ4v) is 6.15. The lowest BCUT2D eigenvalue weighted by Crippen LogP contribution is -2.37. The maximum atomic E-state index is 13.5. The lowest BCUT2D eigenvalue weighted by atomic mass is 9.65. The van der Waals surface area contributed by atoms with Crippen LogP contribution in [0.25, 0.3) is 0 Å². The molecule has 0 unspecified atom stereocenters. The molecule has 194 valence electrons. The largest absolute Gasteiger partial charge is 0.489 e. The van der Waals surface area contributed by atoms with Crippen molar-refractivity contribution in [1.29, 1.82) is 0 Å². The molecule has 2 aromatic carbocycles. The molecule has 0 atom stereocenters. The van der Waals surface area contributed by atoms with Crippen LogP contribution < -0.4 is 4.74 Å². The van der Waals surface area contributed by atoms with Crippen molar-refractivity contribution < 1.29 is 19.1 Å². The van der Waals surface area contributed by atoms with Gasteiger partial charge in [0, 0.05) is 42.7 Å². The van der Waals surface area contributed by atoms with Crippen LogP contribution in [0.4, 0.5) is 0 Å². The summed E-state index contributed by atoms with van der Waals surface area (Å²) in [5.74, 6) is 2.50. The second kappa shape index (κ2) is 9.31. The minimum Gasteiger partial charge on any atom is -0.489 e. The molecule has 2 aliphatic carbocycles. The zero-order valence-electron chi connectivity index (χ0n) is 22.9. The average molecular weight is 499 g/mol. The van der Waals surface area contributed by atoms with E-state index in [9.17, 15) is 9.59 Å². The van der Waals surface area contributed by atoms with E-state index < -0.39 is 0 Å². The smallest absolute Gasteiger partial charge is 0.163 e. The molecule has 4 heteroatoms. The fourth-order valence-electron chi connectivity index (χ4n) is 6.15. The van der Waals surface area contributed by atoms with Gasteiger partial charge in [-0.25, -0.2) is 0 Å². The number of benzene rings is 2. The Morgan fingerprint density at radius 3 is 1.89 bits per heavy atom. The first kappa shape index (κ1) is 25.5.